The Morgan fingerprint density at radius 1 is 1.07 bits per heavy atom. The Labute approximate surface area is 94.2 Å². The van der Waals surface area contributed by atoms with Gasteiger partial charge in [0.15, 0.2) is 0 Å². The van der Waals surface area contributed by atoms with Crippen LogP contribution in [0.2, 0.25) is 0 Å². The molecule has 0 aliphatic carbocycles. The van der Waals surface area contributed by atoms with E-state index in [9.17, 15) is 4.79 Å². The summed E-state index contributed by atoms with van der Waals surface area (Å²) in [6.45, 7) is 2.86. The smallest absolute Gasteiger partial charge is 0.220 e. The average molecular weight is 214 g/mol. The molecule has 0 heterocycles. The van der Waals surface area contributed by atoms with Crippen LogP contribution in [0, 0.1) is 0 Å². The van der Waals surface area contributed by atoms with E-state index in [1.807, 2.05) is 19.0 Å². The molecule has 3 heteroatoms. The van der Waals surface area contributed by atoms with E-state index in [0.29, 0.717) is 13.1 Å². The molecule has 0 atom stereocenters. The van der Waals surface area contributed by atoms with Crippen LogP contribution in [-0.2, 0) is 4.79 Å². The maximum Gasteiger partial charge on any atom is 0.220 e. The van der Waals surface area contributed by atoms with Crippen LogP contribution in [0.25, 0.3) is 0 Å². The molecular formula is C12H26N2O. The van der Waals surface area contributed by atoms with E-state index >= 15 is 0 Å². The Hall–Kier alpha value is -0.570. The van der Waals surface area contributed by atoms with Gasteiger partial charge in [0.25, 0.3) is 0 Å². The predicted octanol–water partition coefficient (Wildman–Crippen LogP) is 2.37. The van der Waals surface area contributed by atoms with Crippen molar-refractivity contribution in [3.8, 4) is 0 Å². The van der Waals surface area contributed by atoms with Crippen LogP contribution in [0.3, 0.4) is 0 Å². The molecule has 0 aromatic carbocycles. The van der Waals surface area contributed by atoms with E-state index in [1.165, 1.54) is 32.1 Å². The normalized spacial score (nSPS) is 10.7. The van der Waals surface area contributed by atoms with Gasteiger partial charge in [-0.05, 0) is 20.5 Å². The van der Waals surface area contributed by atoms with Crippen LogP contribution in [0.5, 0.6) is 0 Å². The molecule has 0 rings (SSSR count). The van der Waals surface area contributed by atoms with Crippen molar-refractivity contribution in [2.45, 2.75) is 51.9 Å². The third-order valence-electron chi connectivity index (χ3n) is 2.35. The minimum absolute atomic E-state index is 0.180. The summed E-state index contributed by atoms with van der Waals surface area (Å²) >= 11 is 0. The monoisotopic (exact) mass is 214 g/mol. The Balaban J connectivity index is 3.17. The quantitative estimate of drug-likeness (QED) is 0.472. The molecule has 15 heavy (non-hydrogen) atoms. The van der Waals surface area contributed by atoms with Crippen molar-refractivity contribution in [1.29, 1.82) is 0 Å². The van der Waals surface area contributed by atoms with E-state index < -0.39 is 0 Å². The Morgan fingerprint density at radius 3 is 2.27 bits per heavy atom. The first-order valence-corrected chi connectivity index (χ1v) is 6.08. The SMILES string of the molecule is CCCCCCCCC(=O)NCN(C)C. The van der Waals surface area contributed by atoms with Crippen LogP contribution < -0.4 is 5.32 Å². The lowest BCUT2D eigenvalue weighted by Gasteiger charge is -2.10. The lowest BCUT2D eigenvalue weighted by molar-refractivity contribution is -0.121. The molecular weight excluding hydrogens is 188 g/mol. The minimum atomic E-state index is 0.180. The average Bonchev–Trinajstić information content (AvgIpc) is 2.20. The molecule has 0 aliphatic rings. The summed E-state index contributed by atoms with van der Waals surface area (Å²) in [6.07, 6.45) is 8.10. The molecule has 0 spiro atoms. The number of hydrogen-bond acceptors (Lipinski definition) is 2. The first-order chi connectivity index (χ1) is 7.16. The number of carbonyl (C=O) groups excluding carboxylic acids is 1. The van der Waals surface area contributed by atoms with Gasteiger partial charge >= 0.3 is 0 Å². The first kappa shape index (κ1) is 14.4. The maximum atomic E-state index is 11.3. The molecule has 0 saturated carbocycles. The molecule has 90 valence electrons. The number of unbranched alkanes of at least 4 members (excludes halogenated alkanes) is 5. The van der Waals surface area contributed by atoms with Gasteiger partial charge in [0.05, 0.1) is 6.67 Å². The largest absolute Gasteiger partial charge is 0.343 e. The zero-order valence-corrected chi connectivity index (χ0v) is 10.5. The number of nitrogens with one attached hydrogen (secondary N) is 1. The van der Waals surface area contributed by atoms with Gasteiger partial charge in [-0.2, -0.15) is 0 Å². The zero-order chi connectivity index (χ0) is 11.5. The molecule has 3 nitrogen and oxygen atoms in total. The van der Waals surface area contributed by atoms with Gasteiger partial charge in [0.2, 0.25) is 5.91 Å². The van der Waals surface area contributed by atoms with Crippen molar-refractivity contribution in [1.82, 2.24) is 10.2 Å². The number of hydrogen-bond donors (Lipinski definition) is 1. The molecule has 0 bridgehead atoms. The maximum absolute atomic E-state index is 11.3. The fourth-order valence-electron chi connectivity index (χ4n) is 1.40. The number of rotatable bonds is 9. The lowest BCUT2D eigenvalue weighted by atomic mass is 10.1. The van der Waals surface area contributed by atoms with Crippen molar-refractivity contribution in [3.05, 3.63) is 0 Å². The highest BCUT2D eigenvalue weighted by Gasteiger charge is 2.00. The van der Waals surface area contributed by atoms with E-state index in [1.54, 1.807) is 0 Å². The molecule has 0 aromatic heterocycles. The van der Waals surface area contributed by atoms with Gasteiger partial charge in [0, 0.05) is 6.42 Å². The second-order valence-corrected chi connectivity index (χ2v) is 4.36. The molecule has 0 fully saturated rings. The fraction of sp³-hybridized carbons (Fsp3) is 0.917. The summed E-state index contributed by atoms with van der Waals surface area (Å²) in [5, 5.41) is 2.87. The summed E-state index contributed by atoms with van der Waals surface area (Å²) < 4.78 is 0. The van der Waals surface area contributed by atoms with Crippen molar-refractivity contribution in [2.24, 2.45) is 0 Å². The molecule has 1 amide bonds. The van der Waals surface area contributed by atoms with Gasteiger partial charge in [-0.15, -0.1) is 0 Å². The van der Waals surface area contributed by atoms with Crippen LogP contribution >= 0.6 is 0 Å². The summed E-state index contributed by atoms with van der Waals surface area (Å²) in [4.78, 5) is 13.3. The number of carbonyl (C=O) groups is 1. The van der Waals surface area contributed by atoms with Gasteiger partial charge in [0.1, 0.15) is 0 Å². The Morgan fingerprint density at radius 2 is 1.67 bits per heavy atom. The predicted molar refractivity (Wildman–Crippen MR) is 64.7 cm³/mol. The number of amides is 1. The molecule has 1 N–H and O–H groups in total. The molecule has 0 aromatic rings. The highest BCUT2D eigenvalue weighted by molar-refractivity contribution is 5.75. The van der Waals surface area contributed by atoms with Crippen molar-refractivity contribution in [2.75, 3.05) is 20.8 Å². The first-order valence-electron chi connectivity index (χ1n) is 6.08. The third-order valence-corrected chi connectivity index (χ3v) is 2.35. The van der Waals surface area contributed by atoms with Crippen LogP contribution in [-0.4, -0.2) is 31.6 Å². The van der Waals surface area contributed by atoms with Gasteiger partial charge < -0.3 is 5.32 Å². The van der Waals surface area contributed by atoms with Crippen LogP contribution in [0.15, 0.2) is 0 Å². The molecule has 0 radical (unpaired) electrons. The van der Waals surface area contributed by atoms with Crippen molar-refractivity contribution in [3.63, 3.8) is 0 Å². The van der Waals surface area contributed by atoms with E-state index in [2.05, 4.69) is 12.2 Å². The van der Waals surface area contributed by atoms with Crippen molar-refractivity contribution < 1.29 is 4.79 Å². The van der Waals surface area contributed by atoms with E-state index in [4.69, 9.17) is 0 Å². The fourth-order valence-corrected chi connectivity index (χ4v) is 1.40. The molecule has 0 unspecified atom stereocenters. The topological polar surface area (TPSA) is 32.3 Å². The summed E-state index contributed by atoms with van der Waals surface area (Å²) in [6, 6.07) is 0. The summed E-state index contributed by atoms with van der Waals surface area (Å²) in [7, 11) is 3.90. The van der Waals surface area contributed by atoms with Crippen LogP contribution in [0.1, 0.15) is 51.9 Å². The van der Waals surface area contributed by atoms with Gasteiger partial charge in [-0.25, -0.2) is 0 Å². The van der Waals surface area contributed by atoms with Gasteiger partial charge in [-0.1, -0.05) is 39.0 Å². The third kappa shape index (κ3) is 11.4. The van der Waals surface area contributed by atoms with Gasteiger partial charge in [-0.3, -0.25) is 9.69 Å². The standard InChI is InChI=1S/C12H26N2O/c1-4-5-6-7-8-9-10-12(15)13-11-14(2)3/h4-11H2,1-3H3,(H,13,15). The number of nitrogens with zero attached hydrogens (tertiary/aromatic N) is 1. The highest BCUT2D eigenvalue weighted by Crippen LogP contribution is 2.06. The highest BCUT2D eigenvalue weighted by atomic mass is 16.1. The molecule has 0 aliphatic heterocycles. The van der Waals surface area contributed by atoms with Crippen LogP contribution in [0.4, 0.5) is 0 Å². The second kappa shape index (κ2) is 9.97. The Bertz CT molecular complexity index is 158. The van der Waals surface area contributed by atoms with E-state index in [-0.39, 0.29) is 5.91 Å². The summed E-state index contributed by atoms with van der Waals surface area (Å²) in [5.74, 6) is 0.180. The lowest BCUT2D eigenvalue weighted by Crippen LogP contribution is -2.32. The van der Waals surface area contributed by atoms with E-state index in [0.717, 1.165) is 6.42 Å². The molecule has 0 saturated heterocycles. The van der Waals surface area contributed by atoms with Crippen molar-refractivity contribution >= 4 is 5.91 Å². The minimum Gasteiger partial charge on any atom is -0.343 e. The summed E-state index contributed by atoms with van der Waals surface area (Å²) in [5.41, 5.74) is 0. The zero-order valence-electron chi connectivity index (χ0n) is 10.5. The Kier molecular flexibility index (Phi) is 9.59. The second-order valence-electron chi connectivity index (χ2n) is 4.36.